The van der Waals surface area contributed by atoms with Gasteiger partial charge in [0.2, 0.25) is 0 Å². The van der Waals surface area contributed by atoms with E-state index < -0.39 is 17.8 Å². The van der Waals surface area contributed by atoms with E-state index in [0.29, 0.717) is 5.69 Å². The van der Waals surface area contributed by atoms with Crippen LogP contribution in [-0.2, 0) is 9.59 Å². The number of amides is 2. The quantitative estimate of drug-likeness (QED) is 0.826. The van der Waals surface area contributed by atoms with Gasteiger partial charge in [0.15, 0.2) is 0 Å². The van der Waals surface area contributed by atoms with E-state index in [2.05, 4.69) is 5.32 Å². The normalized spacial score (nSPS) is 14.2. The first-order valence-corrected chi connectivity index (χ1v) is 7.77. The number of rotatable bonds is 4. The minimum atomic E-state index is -1.32. The molecule has 0 radical (unpaired) electrons. The van der Waals surface area contributed by atoms with E-state index in [-0.39, 0.29) is 27.0 Å². The monoisotopic (exact) mass is 375 g/mol. The van der Waals surface area contributed by atoms with Crippen molar-refractivity contribution in [3.63, 3.8) is 0 Å². The van der Waals surface area contributed by atoms with Crippen molar-refractivity contribution in [3.05, 3.63) is 69.8 Å². The summed E-state index contributed by atoms with van der Waals surface area (Å²) in [5, 5.41) is 13.4. The number of carbonyl (C=O) groups excluding carboxylic acids is 3. The lowest BCUT2D eigenvalue weighted by Gasteiger charge is -2.16. The number of imide groups is 1. The Morgan fingerprint density at radius 1 is 0.960 bits per heavy atom. The van der Waals surface area contributed by atoms with Gasteiger partial charge < -0.3 is 15.2 Å². The van der Waals surface area contributed by atoms with Gasteiger partial charge in [-0.15, -0.1) is 0 Å². The van der Waals surface area contributed by atoms with Crippen LogP contribution in [-0.4, -0.2) is 17.8 Å². The van der Waals surface area contributed by atoms with Gasteiger partial charge in [-0.2, -0.15) is 0 Å². The van der Waals surface area contributed by atoms with E-state index in [1.54, 1.807) is 18.2 Å². The van der Waals surface area contributed by atoms with E-state index in [1.807, 2.05) is 0 Å². The highest BCUT2D eigenvalue weighted by molar-refractivity contribution is 6.53. The summed E-state index contributed by atoms with van der Waals surface area (Å²) in [7, 11) is 0. The molecule has 0 aromatic heterocycles. The number of nitrogens with zero attached hydrogens (tertiary/aromatic N) is 1. The second-order valence-electron chi connectivity index (χ2n) is 5.08. The zero-order chi connectivity index (χ0) is 18.1. The van der Waals surface area contributed by atoms with E-state index in [4.69, 9.17) is 23.2 Å². The standard InChI is InChI=1S/C17H10Cl2N2O4/c18-11-3-1-2-4-12(11)21-15(22)13(19)14(16(21)23)20-10-7-5-9(6-8-10)17(24)25/h1-8,20H,(H,24,25)/p-1. The van der Waals surface area contributed by atoms with Crippen molar-refractivity contribution in [2.24, 2.45) is 0 Å². The van der Waals surface area contributed by atoms with Gasteiger partial charge in [-0.1, -0.05) is 47.5 Å². The molecule has 0 spiro atoms. The maximum Gasteiger partial charge on any atom is 0.283 e. The highest BCUT2D eigenvalue weighted by Gasteiger charge is 2.39. The summed E-state index contributed by atoms with van der Waals surface area (Å²) in [6.07, 6.45) is 0. The van der Waals surface area contributed by atoms with Gasteiger partial charge in [-0.05, 0) is 29.8 Å². The van der Waals surface area contributed by atoms with Crippen molar-refractivity contribution in [1.29, 1.82) is 0 Å². The molecular formula is C17H9Cl2N2O4-. The lowest BCUT2D eigenvalue weighted by molar-refractivity contribution is -0.255. The summed E-state index contributed by atoms with van der Waals surface area (Å²) in [5.74, 6) is -2.68. The van der Waals surface area contributed by atoms with Gasteiger partial charge in [0, 0.05) is 5.69 Å². The number of benzene rings is 2. The summed E-state index contributed by atoms with van der Waals surface area (Å²) in [5.41, 5.74) is 0.478. The van der Waals surface area contributed by atoms with Crippen LogP contribution in [0.4, 0.5) is 11.4 Å². The Morgan fingerprint density at radius 3 is 2.20 bits per heavy atom. The molecular weight excluding hydrogens is 367 g/mol. The molecule has 1 heterocycles. The van der Waals surface area contributed by atoms with Crippen LogP contribution in [0.5, 0.6) is 0 Å². The molecule has 0 fully saturated rings. The topological polar surface area (TPSA) is 89.5 Å². The van der Waals surface area contributed by atoms with Crippen LogP contribution in [0.1, 0.15) is 10.4 Å². The number of para-hydroxylation sites is 1. The minimum absolute atomic E-state index is 0.0165. The Kier molecular flexibility index (Phi) is 4.48. The van der Waals surface area contributed by atoms with Crippen molar-refractivity contribution < 1.29 is 19.5 Å². The maximum absolute atomic E-state index is 12.6. The van der Waals surface area contributed by atoms with Crippen LogP contribution in [0.3, 0.4) is 0 Å². The van der Waals surface area contributed by atoms with Crippen molar-refractivity contribution in [2.45, 2.75) is 0 Å². The number of halogens is 2. The summed E-state index contributed by atoms with van der Waals surface area (Å²) in [6.45, 7) is 0. The molecule has 0 bridgehead atoms. The van der Waals surface area contributed by atoms with Gasteiger partial charge in [-0.3, -0.25) is 9.59 Å². The van der Waals surface area contributed by atoms with E-state index in [9.17, 15) is 19.5 Å². The molecule has 0 atom stereocenters. The summed E-state index contributed by atoms with van der Waals surface area (Å²) >= 11 is 12.1. The third-order valence-corrected chi connectivity index (χ3v) is 4.18. The Bertz CT molecular complexity index is 923. The molecule has 0 saturated heterocycles. The lowest BCUT2D eigenvalue weighted by Crippen LogP contribution is -2.32. The fraction of sp³-hybridized carbons (Fsp3) is 0. The maximum atomic E-state index is 12.6. The SMILES string of the molecule is O=C([O-])c1ccc(NC2=C(Cl)C(=O)N(c3ccccc3Cl)C2=O)cc1. The van der Waals surface area contributed by atoms with Crippen molar-refractivity contribution >= 4 is 52.4 Å². The van der Waals surface area contributed by atoms with Crippen molar-refractivity contribution in [3.8, 4) is 0 Å². The fourth-order valence-electron chi connectivity index (χ4n) is 2.30. The zero-order valence-corrected chi connectivity index (χ0v) is 14.0. The second-order valence-corrected chi connectivity index (χ2v) is 5.86. The predicted molar refractivity (Wildman–Crippen MR) is 91.2 cm³/mol. The summed E-state index contributed by atoms with van der Waals surface area (Å²) in [4.78, 5) is 36.6. The molecule has 2 aromatic carbocycles. The van der Waals surface area contributed by atoms with Crippen LogP contribution < -0.4 is 15.3 Å². The molecule has 0 saturated carbocycles. The number of anilines is 2. The molecule has 8 heteroatoms. The Morgan fingerprint density at radius 2 is 1.60 bits per heavy atom. The highest BCUT2D eigenvalue weighted by atomic mass is 35.5. The van der Waals surface area contributed by atoms with Crippen molar-refractivity contribution in [1.82, 2.24) is 0 Å². The van der Waals surface area contributed by atoms with Crippen LogP contribution in [0.15, 0.2) is 59.3 Å². The lowest BCUT2D eigenvalue weighted by atomic mass is 10.2. The molecule has 1 N–H and O–H groups in total. The zero-order valence-electron chi connectivity index (χ0n) is 12.5. The second kappa shape index (κ2) is 6.58. The molecule has 126 valence electrons. The van der Waals surface area contributed by atoms with Gasteiger partial charge in [0.25, 0.3) is 11.8 Å². The number of aromatic carboxylic acids is 1. The number of carboxylic acids is 1. The molecule has 0 aliphatic carbocycles. The van der Waals surface area contributed by atoms with Crippen LogP contribution in [0.2, 0.25) is 5.02 Å². The Hall–Kier alpha value is -2.83. The molecule has 2 amide bonds. The van der Waals surface area contributed by atoms with E-state index in [0.717, 1.165) is 4.90 Å². The van der Waals surface area contributed by atoms with Gasteiger partial charge in [0.1, 0.15) is 10.7 Å². The third kappa shape index (κ3) is 3.09. The van der Waals surface area contributed by atoms with Gasteiger partial charge in [0.05, 0.1) is 16.7 Å². The van der Waals surface area contributed by atoms with Crippen LogP contribution in [0.25, 0.3) is 0 Å². The molecule has 0 unspecified atom stereocenters. The smallest absolute Gasteiger partial charge is 0.283 e. The minimum Gasteiger partial charge on any atom is -0.545 e. The molecule has 3 rings (SSSR count). The summed E-state index contributed by atoms with van der Waals surface area (Å²) in [6, 6.07) is 11.9. The molecule has 2 aromatic rings. The average molecular weight is 376 g/mol. The first-order valence-electron chi connectivity index (χ1n) is 7.01. The van der Waals surface area contributed by atoms with Gasteiger partial charge in [-0.25, -0.2) is 4.90 Å². The van der Waals surface area contributed by atoms with Crippen molar-refractivity contribution in [2.75, 3.05) is 10.2 Å². The number of nitrogens with one attached hydrogen (secondary N) is 1. The molecule has 1 aliphatic heterocycles. The Balaban J connectivity index is 1.90. The molecule has 25 heavy (non-hydrogen) atoms. The first-order chi connectivity index (χ1) is 11.9. The van der Waals surface area contributed by atoms with E-state index >= 15 is 0 Å². The average Bonchev–Trinajstić information content (AvgIpc) is 2.80. The van der Waals surface area contributed by atoms with E-state index in [1.165, 1.54) is 30.3 Å². The number of hydrogen-bond acceptors (Lipinski definition) is 5. The predicted octanol–water partition coefficient (Wildman–Crippen LogP) is 2.14. The summed E-state index contributed by atoms with van der Waals surface area (Å²) < 4.78 is 0. The Labute approximate surface area is 152 Å². The van der Waals surface area contributed by atoms with Crippen LogP contribution in [0, 0.1) is 0 Å². The highest BCUT2D eigenvalue weighted by Crippen LogP contribution is 2.33. The number of carbonyl (C=O) groups is 3. The number of carboxylic acid groups (broad SMARTS) is 1. The fourth-order valence-corrected chi connectivity index (χ4v) is 2.73. The number of hydrogen-bond donors (Lipinski definition) is 1. The molecule has 6 nitrogen and oxygen atoms in total. The van der Waals surface area contributed by atoms with Gasteiger partial charge >= 0.3 is 0 Å². The largest absolute Gasteiger partial charge is 0.545 e. The molecule has 1 aliphatic rings. The first kappa shape index (κ1) is 17.0. The van der Waals surface area contributed by atoms with Crippen LogP contribution >= 0.6 is 23.2 Å². The third-order valence-electron chi connectivity index (χ3n) is 3.51.